The predicted molar refractivity (Wildman–Crippen MR) is 146 cm³/mol. The maximum Gasteiger partial charge on any atom is 0.270 e. The molecule has 13 heteroatoms. The van der Waals surface area contributed by atoms with Crippen LogP contribution in [0.5, 0.6) is 11.6 Å². The Labute approximate surface area is 226 Å². The van der Waals surface area contributed by atoms with Crippen molar-refractivity contribution in [1.29, 1.82) is 0 Å². The fraction of sp³-hybridized carbons (Fsp3) is 0.240. The van der Waals surface area contributed by atoms with Crippen LogP contribution in [0, 0.1) is 5.82 Å². The maximum atomic E-state index is 14.1. The second-order valence-corrected chi connectivity index (χ2v) is 11.6. The number of aromatic amines is 1. The lowest BCUT2D eigenvalue weighted by Crippen LogP contribution is -2.42. The Morgan fingerprint density at radius 2 is 1.95 bits per heavy atom. The Bertz CT molecular complexity index is 1600. The van der Waals surface area contributed by atoms with Gasteiger partial charge in [0.05, 0.1) is 6.26 Å². The van der Waals surface area contributed by atoms with Gasteiger partial charge >= 0.3 is 0 Å². The number of halogens is 2. The van der Waals surface area contributed by atoms with Gasteiger partial charge in [-0.25, -0.2) is 17.8 Å². The first-order valence-electron chi connectivity index (χ1n) is 11.8. The average molecular weight is 603 g/mol. The Hall–Kier alpha value is -3.71. The number of likely N-dealkylation sites (tertiary alicyclic amines) is 1. The zero-order valence-electron chi connectivity index (χ0n) is 20.2. The minimum atomic E-state index is -3.39. The van der Waals surface area contributed by atoms with Crippen LogP contribution < -0.4 is 14.8 Å². The molecule has 1 amide bonds. The number of carbonyl (C=O) groups is 1. The van der Waals surface area contributed by atoms with Gasteiger partial charge in [0, 0.05) is 52.5 Å². The van der Waals surface area contributed by atoms with Crippen LogP contribution in [0.4, 0.5) is 16.0 Å². The molecule has 2 aromatic heterocycles. The van der Waals surface area contributed by atoms with Gasteiger partial charge in [-0.05, 0) is 55.3 Å². The van der Waals surface area contributed by atoms with E-state index in [9.17, 15) is 17.6 Å². The Morgan fingerprint density at radius 3 is 2.68 bits per heavy atom. The third-order valence-electron chi connectivity index (χ3n) is 6.01. The zero-order valence-corrected chi connectivity index (χ0v) is 22.6. The van der Waals surface area contributed by atoms with Crippen LogP contribution in [0.15, 0.2) is 59.2 Å². The van der Waals surface area contributed by atoms with Gasteiger partial charge in [0.15, 0.2) is 11.6 Å². The number of amides is 1. The number of nitrogens with one attached hydrogen (secondary N) is 3. The molecule has 3 N–H and O–H groups in total. The predicted octanol–water partition coefficient (Wildman–Crippen LogP) is 4.74. The molecule has 3 heterocycles. The molecule has 198 valence electrons. The van der Waals surface area contributed by atoms with Crippen molar-refractivity contribution in [3.63, 3.8) is 0 Å². The summed E-state index contributed by atoms with van der Waals surface area (Å²) in [5.74, 6) is -0.000511. The number of carbonyl (C=O) groups excluding carboxylic acids is 1. The third kappa shape index (κ3) is 6.22. The van der Waals surface area contributed by atoms with Crippen LogP contribution in [-0.4, -0.2) is 59.6 Å². The lowest BCUT2D eigenvalue weighted by atomic mass is 10.0. The molecule has 2 aromatic carbocycles. The number of rotatable bonds is 7. The minimum Gasteiger partial charge on any atom is -0.436 e. The van der Waals surface area contributed by atoms with E-state index in [4.69, 9.17) is 4.74 Å². The van der Waals surface area contributed by atoms with Crippen LogP contribution in [0.25, 0.3) is 10.9 Å². The molecule has 1 aliphatic rings. The Kier molecular flexibility index (Phi) is 7.21. The molecule has 0 unspecified atom stereocenters. The van der Waals surface area contributed by atoms with Crippen LogP contribution in [0.2, 0.25) is 0 Å². The smallest absolute Gasteiger partial charge is 0.270 e. The minimum absolute atomic E-state index is 0.0473. The summed E-state index contributed by atoms with van der Waals surface area (Å²) in [5.41, 5.74) is 1.62. The van der Waals surface area contributed by atoms with Crippen LogP contribution >= 0.6 is 15.9 Å². The Balaban J connectivity index is 1.18. The fourth-order valence-corrected chi connectivity index (χ4v) is 5.13. The number of piperidine rings is 1. The number of benzene rings is 2. The van der Waals surface area contributed by atoms with Gasteiger partial charge in [-0.2, -0.15) is 4.98 Å². The largest absolute Gasteiger partial charge is 0.436 e. The SMILES string of the molecule is CS(=O)(=O)Nc1ccc2[nH]c(C(=O)N3CCC(Nc4nccc(Oc5ccc(Br)cc5F)n4)CC3)cc2c1. The Morgan fingerprint density at radius 1 is 1.16 bits per heavy atom. The molecule has 1 aliphatic heterocycles. The van der Waals surface area contributed by atoms with E-state index in [0.717, 1.165) is 17.2 Å². The van der Waals surface area contributed by atoms with E-state index in [2.05, 4.69) is 40.9 Å². The van der Waals surface area contributed by atoms with E-state index in [1.807, 2.05) is 0 Å². The molecule has 0 spiro atoms. The highest BCUT2D eigenvalue weighted by Crippen LogP contribution is 2.27. The number of aromatic nitrogens is 3. The number of ether oxygens (including phenoxy) is 1. The number of fused-ring (bicyclic) bond motifs is 1. The molecule has 1 saturated heterocycles. The lowest BCUT2D eigenvalue weighted by Gasteiger charge is -2.32. The maximum absolute atomic E-state index is 14.1. The molecule has 0 saturated carbocycles. The first-order chi connectivity index (χ1) is 18.1. The number of nitrogens with zero attached hydrogens (tertiary/aromatic N) is 3. The van der Waals surface area contributed by atoms with Gasteiger partial charge in [0.25, 0.3) is 5.91 Å². The molecular weight excluding hydrogens is 579 g/mol. The molecule has 38 heavy (non-hydrogen) atoms. The zero-order chi connectivity index (χ0) is 26.9. The molecule has 0 aliphatic carbocycles. The lowest BCUT2D eigenvalue weighted by molar-refractivity contribution is 0.0713. The summed E-state index contributed by atoms with van der Waals surface area (Å²) in [5, 5.41) is 4.01. The summed E-state index contributed by atoms with van der Waals surface area (Å²) in [6.07, 6.45) is 3.99. The van der Waals surface area contributed by atoms with Gasteiger partial charge in [-0.15, -0.1) is 0 Å². The van der Waals surface area contributed by atoms with E-state index in [1.165, 1.54) is 18.3 Å². The summed E-state index contributed by atoms with van der Waals surface area (Å²) >= 11 is 3.22. The van der Waals surface area contributed by atoms with Crippen molar-refractivity contribution in [1.82, 2.24) is 19.9 Å². The van der Waals surface area contributed by atoms with E-state index in [-0.39, 0.29) is 23.6 Å². The fourth-order valence-electron chi connectivity index (χ4n) is 4.24. The second kappa shape index (κ2) is 10.6. The number of sulfonamides is 1. The van der Waals surface area contributed by atoms with Crippen molar-refractivity contribution in [2.45, 2.75) is 18.9 Å². The molecule has 0 atom stereocenters. The number of anilines is 2. The van der Waals surface area contributed by atoms with Crippen molar-refractivity contribution < 1.29 is 22.3 Å². The van der Waals surface area contributed by atoms with Gasteiger partial charge < -0.3 is 19.9 Å². The topological polar surface area (TPSA) is 129 Å². The van der Waals surface area contributed by atoms with Gasteiger partial charge in [0.2, 0.25) is 21.9 Å². The summed E-state index contributed by atoms with van der Waals surface area (Å²) in [7, 11) is -3.39. The number of H-pyrrole nitrogens is 1. The van der Waals surface area contributed by atoms with Gasteiger partial charge in [-0.3, -0.25) is 9.52 Å². The summed E-state index contributed by atoms with van der Waals surface area (Å²) in [6, 6.07) is 12.9. The first-order valence-corrected chi connectivity index (χ1v) is 14.4. The van der Waals surface area contributed by atoms with Crippen LogP contribution in [0.3, 0.4) is 0 Å². The van der Waals surface area contributed by atoms with E-state index < -0.39 is 15.8 Å². The molecule has 10 nitrogen and oxygen atoms in total. The van der Waals surface area contributed by atoms with Gasteiger partial charge in [0.1, 0.15) is 5.69 Å². The molecule has 0 radical (unpaired) electrons. The average Bonchev–Trinajstić information content (AvgIpc) is 3.28. The highest BCUT2D eigenvalue weighted by molar-refractivity contribution is 9.10. The number of hydrogen-bond acceptors (Lipinski definition) is 7. The third-order valence-corrected chi connectivity index (χ3v) is 7.11. The van der Waals surface area contributed by atoms with Gasteiger partial charge in [-0.1, -0.05) is 15.9 Å². The summed E-state index contributed by atoms with van der Waals surface area (Å²) < 4.78 is 45.7. The molecule has 5 rings (SSSR count). The van der Waals surface area contributed by atoms with E-state index in [1.54, 1.807) is 41.3 Å². The quantitative estimate of drug-likeness (QED) is 0.278. The normalized spacial score (nSPS) is 14.4. The summed E-state index contributed by atoms with van der Waals surface area (Å²) in [4.78, 5) is 26.6. The second-order valence-electron chi connectivity index (χ2n) is 8.97. The van der Waals surface area contributed by atoms with Crippen LogP contribution in [-0.2, 0) is 10.0 Å². The van der Waals surface area contributed by atoms with Crippen molar-refractivity contribution >= 4 is 54.4 Å². The van der Waals surface area contributed by atoms with Crippen molar-refractivity contribution in [3.8, 4) is 11.6 Å². The molecular formula is C25H24BrFN6O4S. The first kappa shape index (κ1) is 25.9. The monoisotopic (exact) mass is 602 g/mol. The summed E-state index contributed by atoms with van der Waals surface area (Å²) in [6.45, 7) is 1.07. The molecule has 4 aromatic rings. The molecule has 1 fully saturated rings. The van der Waals surface area contributed by atoms with Crippen molar-refractivity contribution in [3.05, 3.63) is 70.7 Å². The standard InChI is InChI=1S/C25H24BrFN6O4S/c1-38(35,36)32-18-3-4-20-15(12-18)13-21(30-20)24(34)33-10-7-17(8-11-33)29-25-28-9-6-23(31-25)37-22-5-2-16(26)14-19(22)27/h2-6,9,12-14,17,30,32H,7-8,10-11H2,1H3,(H,28,29,31). The molecule has 0 bridgehead atoms. The highest BCUT2D eigenvalue weighted by atomic mass is 79.9. The van der Waals surface area contributed by atoms with E-state index in [0.29, 0.717) is 47.7 Å². The van der Waals surface area contributed by atoms with E-state index >= 15 is 0 Å². The van der Waals surface area contributed by atoms with Crippen molar-refractivity contribution in [2.24, 2.45) is 0 Å². The highest BCUT2D eigenvalue weighted by Gasteiger charge is 2.25. The van der Waals surface area contributed by atoms with Crippen LogP contribution in [0.1, 0.15) is 23.3 Å². The van der Waals surface area contributed by atoms with Crippen molar-refractivity contribution in [2.75, 3.05) is 29.4 Å². The number of hydrogen-bond donors (Lipinski definition) is 3.